The lowest BCUT2D eigenvalue weighted by atomic mass is 10.1. The molecule has 0 radical (unpaired) electrons. The number of pyridine rings is 1. The molecule has 0 unspecified atom stereocenters. The average Bonchev–Trinajstić information content (AvgIpc) is 3.13. The van der Waals surface area contributed by atoms with Crippen LogP contribution in [0, 0.1) is 5.95 Å². The zero-order chi connectivity index (χ0) is 25.0. The summed E-state index contributed by atoms with van der Waals surface area (Å²) < 4.78 is 15.5. The molecule has 0 fully saturated rings. The summed E-state index contributed by atoms with van der Waals surface area (Å²) in [6, 6.07) is 8.04. The lowest BCUT2D eigenvalue weighted by Gasteiger charge is -2.09. The Morgan fingerprint density at radius 3 is 2.47 bits per heavy atom. The topological polar surface area (TPSA) is 158 Å². The molecule has 3 aromatic rings. The lowest BCUT2D eigenvalue weighted by molar-refractivity contribution is -0.116. The number of hydrogen-bond donors (Lipinski definition) is 4. The van der Waals surface area contributed by atoms with Gasteiger partial charge in [-0.1, -0.05) is 23.7 Å². The average molecular weight is 488 g/mol. The number of nitrogen functional groups attached to an aromatic ring is 1. The van der Waals surface area contributed by atoms with Crippen LogP contribution in [0.2, 0.25) is 5.02 Å². The molecule has 6 N–H and O–H groups in total. The Labute approximate surface area is 199 Å². The van der Waals surface area contributed by atoms with Gasteiger partial charge in [0.15, 0.2) is 5.69 Å². The second kappa shape index (κ2) is 10.3. The van der Waals surface area contributed by atoms with E-state index in [-0.39, 0.29) is 46.8 Å². The summed E-state index contributed by atoms with van der Waals surface area (Å²) in [5.41, 5.74) is 11.4. The Morgan fingerprint density at radius 1 is 1.18 bits per heavy atom. The van der Waals surface area contributed by atoms with Gasteiger partial charge in [-0.05, 0) is 44.0 Å². The van der Waals surface area contributed by atoms with Crippen LogP contribution in [0.4, 0.5) is 21.6 Å². The first-order chi connectivity index (χ1) is 16.1. The van der Waals surface area contributed by atoms with Crippen molar-refractivity contribution in [1.29, 1.82) is 0 Å². The van der Waals surface area contributed by atoms with Crippen molar-refractivity contribution in [1.82, 2.24) is 14.8 Å². The maximum absolute atomic E-state index is 14.3. The van der Waals surface area contributed by atoms with Gasteiger partial charge in [0.1, 0.15) is 11.4 Å². The monoisotopic (exact) mass is 487 g/mol. The minimum Gasteiger partial charge on any atom is -0.383 e. The number of aryl methyl sites for hydroxylation is 1. The molecule has 0 aliphatic rings. The number of nitrogens with two attached hydrogens (primary N) is 2. The maximum Gasteiger partial charge on any atom is 0.277 e. The van der Waals surface area contributed by atoms with Crippen LogP contribution >= 0.6 is 11.6 Å². The van der Waals surface area contributed by atoms with Crippen molar-refractivity contribution in [3.8, 4) is 0 Å². The van der Waals surface area contributed by atoms with Crippen molar-refractivity contribution >= 4 is 46.5 Å². The number of amides is 3. The van der Waals surface area contributed by atoms with Gasteiger partial charge in [0.25, 0.3) is 11.8 Å². The zero-order valence-electron chi connectivity index (χ0n) is 18.4. The first kappa shape index (κ1) is 24.6. The van der Waals surface area contributed by atoms with Crippen molar-refractivity contribution in [2.24, 2.45) is 5.73 Å². The minimum atomic E-state index is -0.996. The third-order valence-electron chi connectivity index (χ3n) is 4.82. The van der Waals surface area contributed by atoms with Gasteiger partial charge in [-0.2, -0.15) is 9.49 Å². The number of carbonyl (C=O) groups excluding carboxylic acids is 3. The molecule has 0 saturated heterocycles. The first-order valence-electron chi connectivity index (χ1n) is 10.3. The van der Waals surface area contributed by atoms with E-state index in [1.165, 1.54) is 10.7 Å². The van der Waals surface area contributed by atoms with Gasteiger partial charge in [0.05, 0.1) is 17.6 Å². The van der Waals surface area contributed by atoms with E-state index in [9.17, 15) is 18.8 Å². The Balaban J connectivity index is 1.73. The van der Waals surface area contributed by atoms with Crippen LogP contribution in [0.1, 0.15) is 52.7 Å². The number of nitrogens with zero attached hydrogens (tertiary/aromatic N) is 3. The van der Waals surface area contributed by atoms with E-state index in [2.05, 4.69) is 20.7 Å². The molecule has 2 aromatic heterocycles. The van der Waals surface area contributed by atoms with Crippen LogP contribution in [0.5, 0.6) is 0 Å². The molecule has 0 spiro atoms. The number of hydrogen-bond acceptors (Lipinski definition) is 6. The van der Waals surface area contributed by atoms with Crippen LogP contribution in [-0.2, 0) is 11.2 Å². The number of primary amides is 1. The number of carbonyl (C=O) groups is 3. The predicted molar refractivity (Wildman–Crippen MR) is 126 cm³/mol. The number of aromatic nitrogens is 3. The fraction of sp³-hybridized carbons (Fsp3) is 0.227. The van der Waals surface area contributed by atoms with Crippen LogP contribution in [0.3, 0.4) is 0 Å². The summed E-state index contributed by atoms with van der Waals surface area (Å²) >= 11 is 5.85. The highest BCUT2D eigenvalue weighted by Gasteiger charge is 2.27. The molecule has 178 valence electrons. The fourth-order valence-electron chi connectivity index (χ4n) is 3.16. The van der Waals surface area contributed by atoms with E-state index in [4.69, 9.17) is 23.1 Å². The zero-order valence-corrected chi connectivity index (χ0v) is 19.2. The second-order valence-electron chi connectivity index (χ2n) is 7.70. The molecule has 2 heterocycles. The number of benzene rings is 1. The highest BCUT2D eigenvalue weighted by Crippen LogP contribution is 2.23. The molecular formula is C22H23ClFN7O3. The Bertz CT molecular complexity index is 1240. The highest BCUT2D eigenvalue weighted by molar-refractivity contribution is 6.30. The van der Waals surface area contributed by atoms with Gasteiger partial charge < -0.3 is 22.1 Å². The van der Waals surface area contributed by atoms with Gasteiger partial charge >= 0.3 is 0 Å². The van der Waals surface area contributed by atoms with Crippen LogP contribution in [0.25, 0.3) is 0 Å². The molecule has 3 amide bonds. The predicted octanol–water partition coefficient (Wildman–Crippen LogP) is 3.16. The number of rotatable bonds is 8. The van der Waals surface area contributed by atoms with E-state index in [0.29, 0.717) is 11.4 Å². The Morgan fingerprint density at radius 2 is 1.85 bits per heavy atom. The molecule has 0 aliphatic carbocycles. The van der Waals surface area contributed by atoms with Gasteiger partial charge in [0.2, 0.25) is 11.9 Å². The molecular weight excluding hydrogens is 465 g/mol. The molecule has 34 heavy (non-hydrogen) atoms. The largest absolute Gasteiger partial charge is 0.383 e. The SMILES string of the molecule is CC(C)n1nc(C(=O)Nc2cc(NC(=O)CCc3ccc(Cl)cc3)cnc2F)c(C(N)=O)c1N. The normalized spacial score (nSPS) is 10.9. The molecule has 1 aromatic carbocycles. The molecule has 0 aliphatic heterocycles. The molecule has 0 saturated carbocycles. The minimum absolute atomic E-state index is 0.0760. The third kappa shape index (κ3) is 5.67. The molecule has 12 heteroatoms. The van der Waals surface area contributed by atoms with Gasteiger partial charge in [0, 0.05) is 17.5 Å². The van der Waals surface area contributed by atoms with Crippen molar-refractivity contribution in [3.63, 3.8) is 0 Å². The third-order valence-corrected chi connectivity index (χ3v) is 5.08. The van der Waals surface area contributed by atoms with Crippen molar-refractivity contribution in [2.75, 3.05) is 16.4 Å². The second-order valence-corrected chi connectivity index (χ2v) is 8.14. The Hall–Kier alpha value is -3.99. The van der Waals surface area contributed by atoms with Crippen LogP contribution in [-0.4, -0.2) is 32.5 Å². The number of nitrogens with one attached hydrogen (secondary N) is 2. The van der Waals surface area contributed by atoms with Crippen LogP contribution < -0.4 is 22.1 Å². The summed E-state index contributed by atoms with van der Waals surface area (Å²) in [6.07, 6.45) is 1.75. The van der Waals surface area contributed by atoms with Crippen molar-refractivity contribution < 1.29 is 18.8 Å². The van der Waals surface area contributed by atoms with E-state index >= 15 is 0 Å². The molecule has 10 nitrogen and oxygen atoms in total. The smallest absolute Gasteiger partial charge is 0.277 e. The number of anilines is 3. The summed E-state index contributed by atoms with van der Waals surface area (Å²) in [4.78, 5) is 40.4. The van der Waals surface area contributed by atoms with Gasteiger partial charge in [-0.15, -0.1) is 0 Å². The summed E-state index contributed by atoms with van der Waals surface area (Å²) in [5, 5.41) is 9.54. The molecule has 0 atom stereocenters. The van der Waals surface area contributed by atoms with E-state index in [1.54, 1.807) is 26.0 Å². The van der Waals surface area contributed by atoms with E-state index < -0.39 is 17.8 Å². The summed E-state index contributed by atoms with van der Waals surface area (Å²) in [6.45, 7) is 3.50. The van der Waals surface area contributed by atoms with Gasteiger partial charge in [-0.3, -0.25) is 14.4 Å². The lowest BCUT2D eigenvalue weighted by Crippen LogP contribution is -2.21. The van der Waals surface area contributed by atoms with Crippen LogP contribution in [0.15, 0.2) is 36.5 Å². The maximum atomic E-state index is 14.3. The van der Waals surface area contributed by atoms with Crippen molar-refractivity contribution in [3.05, 3.63) is 64.3 Å². The summed E-state index contributed by atoms with van der Waals surface area (Å²) in [5.74, 6) is -3.26. The number of halogens is 2. The highest BCUT2D eigenvalue weighted by atomic mass is 35.5. The standard InChI is InChI=1S/C22H23ClFN7O3/c1-11(2)31-20(25)17(21(26)33)18(30-31)22(34)29-15-9-14(10-27-19(15)24)28-16(32)8-5-12-3-6-13(23)7-4-12/h3-4,6-7,9-11H,5,8,25H2,1-2H3,(H2,26,33)(H,28,32)(H,29,34). The summed E-state index contributed by atoms with van der Waals surface area (Å²) in [7, 11) is 0. The van der Waals surface area contributed by atoms with Gasteiger partial charge in [-0.25, -0.2) is 9.67 Å². The van der Waals surface area contributed by atoms with E-state index in [1.807, 2.05) is 12.1 Å². The molecule has 3 rings (SSSR count). The molecule has 0 bridgehead atoms. The first-order valence-corrected chi connectivity index (χ1v) is 10.6. The van der Waals surface area contributed by atoms with Crippen molar-refractivity contribution in [2.45, 2.75) is 32.7 Å². The van der Waals surface area contributed by atoms with E-state index in [0.717, 1.165) is 11.8 Å². The fourth-order valence-corrected chi connectivity index (χ4v) is 3.29. The quantitative estimate of drug-likeness (QED) is 0.357. The Kier molecular flexibility index (Phi) is 7.47.